The van der Waals surface area contributed by atoms with E-state index in [1.54, 1.807) is 30.3 Å². The van der Waals surface area contributed by atoms with Crippen LogP contribution in [0.1, 0.15) is 27.2 Å². The molecule has 1 heterocycles. The number of thiazole rings is 1. The van der Waals surface area contributed by atoms with Crippen molar-refractivity contribution in [3.8, 4) is 0 Å². The Kier molecular flexibility index (Phi) is 7.67. The van der Waals surface area contributed by atoms with Crippen LogP contribution in [0.2, 0.25) is 4.34 Å². The van der Waals surface area contributed by atoms with Crippen molar-refractivity contribution in [2.24, 2.45) is 0 Å². The number of hydrogen-bond donors (Lipinski definition) is 0. The molecule has 0 aliphatic heterocycles. The van der Waals surface area contributed by atoms with E-state index in [0.717, 1.165) is 11.8 Å². The minimum Gasteiger partial charge on any atom is -0.274 e. The number of thioether (sulfide) groups is 1. The molecule has 0 fully saturated rings. The topological polar surface area (TPSA) is 33.2 Å². The van der Waals surface area contributed by atoms with Crippen molar-refractivity contribution in [2.45, 2.75) is 23.4 Å². The van der Waals surface area contributed by atoms with Crippen molar-refractivity contribution in [1.82, 2.24) is 4.98 Å². The van der Waals surface area contributed by atoms with E-state index in [4.69, 9.17) is 11.6 Å². The molecule has 0 aliphatic carbocycles. The summed E-state index contributed by atoms with van der Waals surface area (Å²) in [6.07, 6.45) is -15.5. The molecule has 0 spiro atoms. The van der Waals surface area contributed by atoms with E-state index in [0.29, 0.717) is 9.80 Å². The van der Waals surface area contributed by atoms with Gasteiger partial charge in [-0.15, -0.1) is 11.8 Å². The van der Waals surface area contributed by atoms with Gasteiger partial charge in [0.2, 0.25) is 0 Å². The predicted molar refractivity (Wildman–Crippen MR) is 113 cm³/mol. The molecule has 3 aromatic rings. The second-order valence-electron chi connectivity index (χ2n) is 6.73. The quantitative estimate of drug-likeness (QED) is 0.178. The van der Waals surface area contributed by atoms with E-state index < -0.39 is 62.2 Å². The fraction of sp³-hybridized carbons (Fsp3) is 0.200. The molecule has 0 N–H and O–H groups in total. The Morgan fingerprint density at radius 1 is 0.886 bits per heavy atom. The number of hydrogen-bond acceptors (Lipinski definition) is 4. The summed E-state index contributed by atoms with van der Waals surface area (Å²) >= 11 is 6.71. The minimum absolute atomic E-state index is 0.165. The fourth-order valence-electron chi connectivity index (χ4n) is 2.67. The molecule has 1 amide bonds. The van der Waals surface area contributed by atoms with Gasteiger partial charge < -0.3 is 0 Å². The smallest absolute Gasteiger partial charge is 0.274 e. The van der Waals surface area contributed by atoms with Crippen LogP contribution in [0.3, 0.4) is 0 Å². The summed E-state index contributed by atoms with van der Waals surface area (Å²) in [4.78, 5) is 17.5. The number of alkyl halides is 9. The standard InChI is InChI=1S/C20H10ClF9N2OS2/c21-15-14(20(28,29)30)31-17(35-15)32(9-34-13-4-2-1-3-5-13)16(33)10-6-11(18(22,23)24)8-12(7-10)19(25,26)27/h1-8H,9H2. The van der Waals surface area contributed by atoms with Gasteiger partial charge in [-0.1, -0.05) is 41.1 Å². The summed E-state index contributed by atoms with van der Waals surface area (Å²) < 4.78 is 118. The summed E-state index contributed by atoms with van der Waals surface area (Å²) in [5.41, 5.74) is -6.08. The first-order chi connectivity index (χ1) is 16.1. The zero-order valence-corrected chi connectivity index (χ0v) is 19.1. The number of carbonyl (C=O) groups is 1. The van der Waals surface area contributed by atoms with Gasteiger partial charge in [-0.3, -0.25) is 9.69 Å². The lowest BCUT2D eigenvalue weighted by Crippen LogP contribution is -2.31. The number of anilines is 1. The van der Waals surface area contributed by atoms with Crippen LogP contribution in [0.4, 0.5) is 44.6 Å². The summed E-state index contributed by atoms with van der Waals surface area (Å²) in [7, 11) is 0. The maximum absolute atomic E-state index is 13.2. The lowest BCUT2D eigenvalue weighted by molar-refractivity contribution is -0.143. The van der Waals surface area contributed by atoms with Gasteiger partial charge in [0.25, 0.3) is 5.91 Å². The molecule has 2 aromatic carbocycles. The Balaban J connectivity index is 2.10. The summed E-state index contributed by atoms with van der Waals surface area (Å²) in [6.45, 7) is 0. The minimum atomic E-state index is -5.23. The normalized spacial score (nSPS) is 12.6. The first kappa shape index (κ1) is 27.1. The van der Waals surface area contributed by atoms with Crippen LogP contribution < -0.4 is 4.90 Å². The maximum atomic E-state index is 13.2. The van der Waals surface area contributed by atoms with E-state index >= 15 is 0 Å². The largest absolute Gasteiger partial charge is 0.435 e. The SMILES string of the molecule is O=C(c1cc(C(F)(F)F)cc(C(F)(F)F)c1)N(CSc1ccccc1)c1nc(C(F)(F)F)c(Cl)s1. The summed E-state index contributed by atoms with van der Waals surface area (Å²) in [6, 6.07) is 8.25. The zero-order chi connectivity index (χ0) is 26.2. The molecule has 0 saturated heterocycles. The van der Waals surface area contributed by atoms with Crippen LogP contribution in [0.15, 0.2) is 53.4 Å². The average Bonchev–Trinajstić information content (AvgIpc) is 3.15. The number of nitrogens with zero attached hydrogens (tertiary/aromatic N) is 2. The molecular formula is C20H10ClF9N2OS2. The number of benzene rings is 2. The lowest BCUT2D eigenvalue weighted by Gasteiger charge is -2.21. The maximum Gasteiger partial charge on any atom is 0.435 e. The van der Waals surface area contributed by atoms with Crippen molar-refractivity contribution in [3.05, 3.63) is 75.3 Å². The summed E-state index contributed by atoms with van der Waals surface area (Å²) in [5, 5.41) is -0.651. The highest BCUT2D eigenvalue weighted by Crippen LogP contribution is 2.42. The monoisotopic (exact) mass is 564 g/mol. The van der Waals surface area contributed by atoms with E-state index in [9.17, 15) is 44.3 Å². The van der Waals surface area contributed by atoms with Gasteiger partial charge in [0.15, 0.2) is 10.8 Å². The van der Waals surface area contributed by atoms with Crippen molar-refractivity contribution in [1.29, 1.82) is 0 Å². The van der Waals surface area contributed by atoms with Gasteiger partial charge in [0, 0.05) is 10.5 Å². The Morgan fingerprint density at radius 2 is 1.43 bits per heavy atom. The first-order valence-corrected chi connectivity index (χ1v) is 11.3. The van der Waals surface area contributed by atoms with Gasteiger partial charge in [0.1, 0.15) is 4.34 Å². The van der Waals surface area contributed by atoms with E-state index in [1.165, 1.54) is 0 Å². The van der Waals surface area contributed by atoms with Gasteiger partial charge >= 0.3 is 18.5 Å². The molecule has 3 nitrogen and oxygen atoms in total. The third-order valence-corrected chi connectivity index (χ3v) is 6.53. The van der Waals surface area contributed by atoms with Crippen molar-refractivity contribution in [2.75, 3.05) is 10.8 Å². The molecular weight excluding hydrogens is 555 g/mol. The van der Waals surface area contributed by atoms with Crippen LogP contribution in [0.25, 0.3) is 0 Å². The van der Waals surface area contributed by atoms with Crippen LogP contribution in [0.5, 0.6) is 0 Å². The molecule has 0 bridgehead atoms. The molecule has 0 atom stereocenters. The molecule has 0 saturated carbocycles. The molecule has 0 radical (unpaired) electrons. The lowest BCUT2D eigenvalue weighted by atomic mass is 10.0. The number of aromatic nitrogens is 1. The predicted octanol–water partition coefficient (Wildman–Crippen LogP) is 8.25. The Bertz CT molecular complexity index is 1180. The number of carbonyl (C=O) groups excluding carboxylic acids is 1. The molecule has 1 aromatic heterocycles. The van der Waals surface area contributed by atoms with E-state index in [1.807, 2.05) is 0 Å². The summed E-state index contributed by atoms with van der Waals surface area (Å²) in [5.74, 6) is -1.91. The fourth-order valence-corrected chi connectivity index (χ4v) is 4.79. The van der Waals surface area contributed by atoms with E-state index in [2.05, 4.69) is 4.98 Å². The van der Waals surface area contributed by atoms with Gasteiger partial charge in [-0.25, -0.2) is 4.98 Å². The highest BCUT2D eigenvalue weighted by molar-refractivity contribution is 7.99. The third kappa shape index (κ3) is 6.61. The highest BCUT2D eigenvalue weighted by Gasteiger charge is 2.40. The Morgan fingerprint density at radius 3 is 1.89 bits per heavy atom. The molecule has 188 valence electrons. The Hall–Kier alpha value is -2.45. The van der Waals surface area contributed by atoms with E-state index in [-0.39, 0.29) is 29.5 Å². The third-order valence-electron chi connectivity index (χ3n) is 4.26. The average molecular weight is 565 g/mol. The number of halogens is 10. The molecule has 0 aliphatic rings. The van der Waals surface area contributed by atoms with Crippen LogP contribution in [-0.2, 0) is 18.5 Å². The van der Waals surface area contributed by atoms with Gasteiger partial charge in [-0.05, 0) is 30.3 Å². The number of rotatable bonds is 5. The second kappa shape index (κ2) is 9.90. The highest BCUT2D eigenvalue weighted by atomic mass is 35.5. The zero-order valence-electron chi connectivity index (χ0n) is 16.7. The second-order valence-corrected chi connectivity index (χ2v) is 9.33. The molecule has 0 unspecified atom stereocenters. The van der Waals surface area contributed by atoms with Crippen LogP contribution in [0, 0.1) is 0 Å². The molecule has 15 heteroatoms. The molecule has 35 heavy (non-hydrogen) atoms. The van der Waals surface area contributed by atoms with Crippen molar-refractivity contribution >= 4 is 45.7 Å². The van der Waals surface area contributed by atoms with Crippen LogP contribution >= 0.6 is 34.7 Å². The first-order valence-electron chi connectivity index (χ1n) is 9.10. The van der Waals surface area contributed by atoms with Crippen molar-refractivity contribution < 1.29 is 44.3 Å². The van der Waals surface area contributed by atoms with Gasteiger partial charge in [-0.2, -0.15) is 39.5 Å². The van der Waals surface area contributed by atoms with Crippen LogP contribution in [-0.4, -0.2) is 16.8 Å². The van der Waals surface area contributed by atoms with Gasteiger partial charge in [0.05, 0.1) is 17.0 Å². The Labute approximate surface area is 204 Å². The van der Waals surface area contributed by atoms with Crippen molar-refractivity contribution in [3.63, 3.8) is 0 Å². The molecule has 3 rings (SSSR count). The number of amides is 1.